The van der Waals surface area contributed by atoms with E-state index >= 15 is 0 Å². The van der Waals surface area contributed by atoms with Gasteiger partial charge in [-0.05, 0) is 67.5 Å². The SMILES string of the molecule is C[C@H](Oc1cccc2c1CCCC2)C(=O)NCCSCc1ccc(Cl)cc1. The van der Waals surface area contributed by atoms with Crippen molar-refractivity contribution in [1.29, 1.82) is 0 Å². The van der Waals surface area contributed by atoms with Gasteiger partial charge in [0.1, 0.15) is 5.75 Å². The summed E-state index contributed by atoms with van der Waals surface area (Å²) in [5.41, 5.74) is 3.88. The topological polar surface area (TPSA) is 38.3 Å². The average molecular weight is 404 g/mol. The fourth-order valence-electron chi connectivity index (χ4n) is 3.26. The molecule has 0 radical (unpaired) electrons. The van der Waals surface area contributed by atoms with Gasteiger partial charge in [0.05, 0.1) is 0 Å². The molecule has 27 heavy (non-hydrogen) atoms. The number of carbonyl (C=O) groups excluding carboxylic acids is 1. The van der Waals surface area contributed by atoms with Crippen molar-refractivity contribution >= 4 is 29.3 Å². The van der Waals surface area contributed by atoms with Crippen LogP contribution < -0.4 is 10.1 Å². The number of thioether (sulfide) groups is 1. The quantitative estimate of drug-likeness (QED) is 0.628. The lowest BCUT2D eigenvalue weighted by Crippen LogP contribution is -2.37. The molecule has 0 aromatic heterocycles. The highest BCUT2D eigenvalue weighted by molar-refractivity contribution is 7.98. The number of amides is 1. The molecule has 0 saturated heterocycles. The van der Waals surface area contributed by atoms with Gasteiger partial charge in [0.2, 0.25) is 0 Å². The molecule has 0 unspecified atom stereocenters. The predicted molar refractivity (Wildman–Crippen MR) is 114 cm³/mol. The molecule has 3 rings (SSSR count). The highest BCUT2D eigenvalue weighted by Gasteiger charge is 2.19. The molecule has 0 heterocycles. The molecule has 0 fully saturated rings. The van der Waals surface area contributed by atoms with E-state index in [0.717, 1.165) is 35.1 Å². The summed E-state index contributed by atoms with van der Waals surface area (Å²) in [4.78, 5) is 12.3. The molecule has 3 nitrogen and oxygen atoms in total. The Hall–Kier alpha value is -1.65. The van der Waals surface area contributed by atoms with Gasteiger partial charge in [-0.1, -0.05) is 35.9 Å². The molecule has 1 amide bonds. The number of aryl methyl sites for hydroxylation is 1. The van der Waals surface area contributed by atoms with Crippen LogP contribution in [0.1, 0.15) is 36.5 Å². The fraction of sp³-hybridized carbons (Fsp3) is 0.409. The van der Waals surface area contributed by atoms with Crippen molar-refractivity contribution in [2.75, 3.05) is 12.3 Å². The number of ether oxygens (including phenoxy) is 1. The average Bonchev–Trinajstić information content (AvgIpc) is 2.69. The highest BCUT2D eigenvalue weighted by Crippen LogP contribution is 2.30. The van der Waals surface area contributed by atoms with Crippen molar-refractivity contribution < 1.29 is 9.53 Å². The first-order chi connectivity index (χ1) is 13.1. The van der Waals surface area contributed by atoms with Crippen LogP contribution >= 0.6 is 23.4 Å². The van der Waals surface area contributed by atoms with Gasteiger partial charge in [-0.15, -0.1) is 0 Å². The molecule has 0 saturated carbocycles. The van der Waals surface area contributed by atoms with Gasteiger partial charge in [0.15, 0.2) is 6.10 Å². The minimum atomic E-state index is -0.486. The first-order valence-corrected chi connectivity index (χ1v) is 11.0. The monoisotopic (exact) mass is 403 g/mol. The summed E-state index contributed by atoms with van der Waals surface area (Å²) < 4.78 is 5.98. The van der Waals surface area contributed by atoms with Gasteiger partial charge in [-0.2, -0.15) is 11.8 Å². The van der Waals surface area contributed by atoms with Crippen LogP contribution in [-0.2, 0) is 23.4 Å². The second-order valence-corrected chi connectivity index (χ2v) is 8.37. The fourth-order valence-corrected chi connectivity index (χ4v) is 4.21. The van der Waals surface area contributed by atoms with E-state index in [4.69, 9.17) is 16.3 Å². The normalized spacial score (nSPS) is 14.3. The molecule has 144 valence electrons. The number of fused-ring (bicyclic) bond motifs is 1. The van der Waals surface area contributed by atoms with Crippen molar-refractivity contribution in [3.05, 3.63) is 64.2 Å². The molecule has 1 aliphatic carbocycles. The Balaban J connectivity index is 1.40. The van der Waals surface area contributed by atoms with E-state index in [1.165, 1.54) is 29.5 Å². The largest absolute Gasteiger partial charge is 0.481 e. The molecule has 0 aliphatic heterocycles. The molecule has 0 spiro atoms. The molecule has 5 heteroatoms. The number of hydrogen-bond acceptors (Lipinski definition) is 3. The van der Waals surface area contributed by atoms with Crippen molar-refractivity contribution in [3.63, 3.8) is 0 Å². The number of hydrogen-bond donors (Lipinski definition) is 1. The lowest BCUT2D eigenvalue weighted by molar-refractivity contribution is -0.127. The van der Waals surface area contributed by atoms with Crippen LogP contribution in [0.5, 0.6) is 5.75 Å². The molecule has 1 atom stereocenters. The van der Waals surface area contributed by atoms with Crippen molar-refractivity contribution in [1.82, 2.24) is 5.32 Å². The maximum Gasteiger partial charge on any atom is 0.260 e. The maximum absolute atomic E-state index is 12.3. The summed E-state index contributed by atoms with van der Waals surface area (Å²) >= 11 is 7.68. The lowest BCUT2D eigenvalue weighted by Gasteiger charge is -2.22. The summed E-state index contributed by atoms with van der Waals surface area (Å²) in [6.07, 6.45) is 4.10. The van der Waals surface area contributed by atoms with Crippen molar-refractivity contribution in [3.8, 4) is 5.75 Å². The Labute approximate surface area is 170 Å². The third-order valence-corrected chi connectivity index (χ3v) is 6.04. The minimum absolute atomic E-state index is 0.0597. The zero-order valence-electron chi connectivity index (χ0n) is 15.7. The highest BCUT2D eigenvalue weighted by atomic mass is 35.5. The van der Waals surface area contributed by atoms with Crippen LogP contribution in [-0.4, -0.2) is 24.3 Å². The third-order valence-electron chi connectivity index (χ3n) is 4.75. The predicted octanol–water partition coefficient (Wildman–Crippen LogP) is 5.04. The van der Waals surface area contributed by atoms with E-state index in [1.807, 2.05) is 43.3 Å². The van der Waals surface area contributed by atoms with Crippen molar-refractivity contribution in [2.45, 2.75) is 44.5 Å². The Bertz CT molecular complexity index is 763. The van der Waals surface area contributed by atoms with Gasteiger partial charge in [0, 0.05) is 23.1 Å². The molecule has 2 aromatic rings. The van der Waals surface area contributed by atoms with Gasteiger partial charge in [-0.3, -0.25) is 4.79 Å². The van der Waals surface area contributed by atoms with E-state index in [0.29, 0.717) is 6.54 Å². The van der Waals surface area contributed by atoms with E-state index in [2.05, 4.69) is 11.4 Å². The van der Waals surface area contributed by atoms with Crippen LogP contribution in [0.25, 0.3) is 0 Å². The van der Waals surface area contributed by atoms with Crippen LogP contribution in [0.2, 0.25) is 5.02 Å². The van der Waals surface area contributed by atoms with Crippen LogP contribution in [0, 0.1) is 0 Å². The zero-order chi connectivity index (χ0) is 19.1. The standard InChI is InChI=1S/C22H26ClNO2S/c1-16(26-21-8-4-6-18-5-2-3-7-20(18)21)22(25)24-13-14-27-15-17-9-11-19(23)12-10-17/h4,6,8-12,16H,2-3,5,7,13-15H2,1H3,(H,24,25)/t16-/m0/s1. The van der Waals surface area contributed by atoms with E-state index in [9.17, 15) is 4.79 Å². The van der Waals surface area contributed by atoms with Crippen LogP contribution in [0.3, 0.4) is 0 Å². The maximum atomic E-state index is 12.3. The second kappa shape index (κ2) is 10.0. The number of nitrogens with one attached hydrogen (secondary N) is 1. The number of rotatable bonds is 8. The van der Waals surface area contributed by atoms with E-state index in [-0.39, 0.29) is 5.91 Å². The first kappa shape index (κ1) is 20.1. The zero-order valence-corrected chi connectivity index (χ0v) is 17.2. The third kappa shape index (κ3) is 5.91. The Morgan fingerprint density at radius 3 is 2.78 bits per heavy atom. The van der Waals surface area contributed by atoms with E-state index in [1.54, 1.807) is 11.8 Å². The van der Waals surface area contributed by atoms with Gasteiger partial charge in [0.25, 0.3) is 5.91 Å². The second-order valence-electron chi connectivity index (χ2n) is 6.83. The van der Waals surface area contributed by atoms with Gasteiger partial charge >= 0.3 is 0 Å². The van der Waals surface area contributed by atoms with Crippen LogP contribution in [0.15, 0.2) is 42.5 Å². The first-order valence-electron chi connectivity index (χ1n) is 9.51. The molecule has 1 N–H and O–H groups in total. The molecule has 1 aliphatic rings. The molecular weight excluding hydrogens is 378 g/mol. The smallest absolute Gasteiger partial charge is 0.260 e. The summed E-state index contributed by atoms with van der Waals surface area (Å²) in [5, 5.41) is 3.73. The summed E-state index contributed by atoms with van der Waals surface area (Å²) in [7, 11) is 0. The molecular formula is C22H26ClNO2S. The summed E-state index contributed by atoms with van der Waals surface area (Å²) in [6, 6.07) is 14.0. The summed E-state index contributed by atoms with van der Waals surface area (Å²) in [6.45, 7) is 2.45. The number of halogens is 1. The summed E-state index contributed by atoms with van der Waals surface area (Å²) in [5.74, 6) is 2.58. The number of benzene rings is 2. The van der Waals surface area contributed by atoms with Gasteiger partial charge < -0.3 is 10.1 Å². The van der Waals surface area contributed by atoms with Crippen LogP contribution in [0.4, 0.5) is 0 Å². The molecule has 0 bridgehead atoms. The minimum Gasteiger partial charge on any atom is -0.481 e. The van der Waals surface area contributed by atoms with Crippen molar-refractivity contribution in [2.24, 2.45) is 0 Å². The Morgan fingerprint density at radius 1 is 1.19 bits per heavy atom. The van der Waals surface area contributed by atoms with E-state index < -0.39 is 6.10 Å². The molecule has 2 aromatic carbocycles. The lowest BCUT2D eigenvalue weighted by atomic mass is 9.91. The Kier molecular flexibility index (Phi) is 7.48. The van der Waals surface area contributed by atoms with Gasteiger partial charge in [-0.25, -0.2) is 0 Å². The Morgan fingerprint density at radius 2 is 1.96 bits per heavy atom. The number of carbonyl (C=O) groups is 1.